The van der Waals surface area contributed by atoms with Crippen LogP contribution in [0.25, 0.3) is 0 Å². The summed E-state index contributed by atoms with van der Waals surface area (Å²) in [7, 11) is 0. The van der Waals surface area contributed by atoms with Crippen molar-refractivity contribution in [3.8, 4) is 0 Å². The fourth-order valence-corrected chi connectivity index (χ4v) is 2.49. The van der Waals surface area contributed by atoms with Crippen molar-refractivity contribution < 1.29 is 9.90 Å². The summed E-state index contributed by atoms with van der Waals surface area (Å²) in [6, 6.07) is 0.146. The lowest BCUT2D eigenvalue weighted by molar-refractivity contribution is -0.140. The lowest BCUT2D eigenvalue weighted by Gasteiger charge is -2.25. The first-order valence-electron chi connectivity index (χ1n) is 6.38. The number of aliphatic carboxylic acids is 1. The van der Waals surface area contributed by atoms with Crippen molar-refractivity contribution in [1.29, 1.82) is 0 Å². The first-order valence-corrected chi connectivity index (χ1v) is 6.38. The summed E-state index contributed by atoms with van der Waals surface area (Å²) in [5, 5.41) is 12.3. The molecule has 4 heteroatoms. The van der Waals surface area contributed by atoms with Gasteiger partial charge >= 0.3 is 5.97 Å². The highest BCUT2D eigenvalue weighted by Gasteiger charge is 2.36. The van der Waals surface area contributed by atoms with E-state index < -0.39 is 5.97 Å². The number of nitrogens with one attached hydrogen (secondary N) is 1. The van der Waals surface area contributed by atoms with E-state index in [0.717, 1.165) is 19.4 Å². The fraction of sp³-hybridized carbons (Fsp3) is 0.917. The van der Waals surface area contributed by atoms with Gasteiger partial charge < -0.3 is 10.4 Å². The first-order chi connectivity index (χ1) is 7.68. The summed E-state index contributed by atoms with van der Waals surface area (Å²) in [5.74, 6) is -0.306. The molecule has 2 N–H and O–H groups in total. The molecule has 0 aromatic heterocycles. The van der Waals surface area contributed by atoms with Crippen molar-refractivity contribution in [2.75, 3.05) is 19.6 Å². The Morgan fingerprint density at radius 2 is 2.06 bits per heavy atom. The summed E-state index contributed by atoms with van der Waals surface area (Å²) >= 11 is 0. The molecule has 1 aliphatic heterocycles. The van der Waals surface area contributed by atoms with Gasteiger partial charge in [-0.2, -0.15) is 0 Å². The molecule has 2 rings (SSSR count). The van der Waals surface area contributed by atoms with Crippen molar-refractivity contribution in [3.05, 3.63) is 0 Å². The highest BCUT2D eigenvalue weighted by atomic mass is 16.4. The van der Waals surface area contributed by atoms with E-state index in [9.17, 15) is 4.79 Å². The minimum absolute atomic E-state index is 0.315. The minimum atomic E-state index is -0.684. The third-order valence-electron chi connectivity index (χ3n) is 3.76. The molecule has 0 aromatic rings. The van der Waals surface area contributed by atoms with Gasteiger partial charge in [-0.05, 0) is 51.6 Å². The Morgan fingerprint density at radius 1 is 1.44 bits per heavy atom. The van der Waals surface area contributed by atoms with Gasteiger partial charge in [0.25, 0.3) is 0 Å². The van der Waals surface area contributed by atoms with Crippen LogP contribution in [-0.4, -0.2) is 47.7 Å². The second kappa shape index (κ2) is 5.15. The topological polar surface area (TPSA) is 52.6 Å². The lowest BCUT2D eigenvalue weighted by atomic mass is 10.1. The predicted octanol–water partition coefficient (Wildman–Crippen LogP) is 0.923. The Kier molecular flexibility index (Phi) is 3.82. The lowest BCUT2D eigenvalue weighted by Crippen LogP contribution is -2.46. The molecular formula is C12H22N2O2. The molecule has 2 unspecified atom stereocenters. The molecule has 1 saturated heterocycles. The van der Waals surface area contributed by atoms with Crippen LogP contribution in [0.4, 0.5) is 0 Å². The number of hydrogen-bond donors (Lipinski definition) is 2. The maximum Gasteiger partial charge on any atom is 0.320 e. The van der Waals surface area contributed by atoms with E-state index in [1.807, 2.05) is 0 Å². The van der Waals surface area contributed by atoms with Crippen LogP contribution < -0.4 is 5.32 Å². The molecule has 16 heavy (non-hydrogen) atoms. The fourth-order valence-electron chi connectivity index (χ4n) is 2.49. The van der Waals surface area contributed by atoms with E-state index in [2.05, 4.69) is 17.1 Å². The van der Waals surface area contributed by atoms with Crippen molar-refractivity contribution >= 4 is 5.97 Å². The Balaban J connectivity index is 1.73. The molecule has 4 nitrogen and oxygen atoms in total. The summed E-state index contributed by atoms with van der Waals surface area (Å²) in [4.78, 5) is 13.5. The van der Waals surface area contributed by atoms with Crippen molar-refractivity contribution in [2.24, 2.45) is 5.92 Å². The number of hydrogen-bond acceptors (Lipinski definition) is 3. The molecule has 1 aliphatic carbocycles. The zero-order valence-electron chi connectivity index (χ0n) is 9.98. The summed E-state index contributed by atoms with van der Waals surface area (Å²) in [6.07, 6.45) is 4.72. The van der Waals surface area contributed by atoms with Gasteiger partial charge in [-0.3, -0.25) is 9.69 Å². The van der Waals surface area contributed by atoms with Crippen LogP contribution in [0.5, 0.6) is 0 Å². The van der Waals surface area contributed by atoms with Gasteiger partial charge in [0.15, 0.2) is 0 Å². The van der Waals surface area contributed by atoms with E-state index in [4.69, 9.17) is 5.11 Å². The maximum atomic E-state index is 11.0. The second-order valence-electron chi connectivity index (χ2n) is 5.15. The van der Waals surface area contributed by atoms with Crippen LogP contribution in [0.15, 0.2) is 0 Å². The van der Waals surface area contributed by atoms with Gasteiger partial charge in [0.05, 0.1) is 0 Å². The Morgan fingerprint density at radius 3 is 2.56 bits per heavy atom. The second-order valence-corrected chi connectivity index (χ2v) is 5.15. The third-order valence-corrected chi connectivity index (χ3v) is 3.76. The van der Waals surface area contributed by atoms with E-state index in [1.165, 1.54) is 25.9 Å². The van der Waals surface area contributed by atoms with E-state index >= 15 is 0 Å². The number of carboxylic acid groups (broad SMARTS) is 1. The van der Waals surface area contributed by atoms with Crippen LogP contribution >= 0.6 is 0 Å². The van der Waals surface area contributed by atoms with Crippen molar-refractivity contribution in [2.45, 2.75) is 44.7 Å². The van der Waals surface area contributed by atoms with Crippen molar-refractivity contribution in [3.63, 3.8) is 0 Å². The largest absolute Gasteiger partial charge is 0.480 e. The van der Waals surface area contributed by atoms with Gasteiger partial charge in [0, 0.05) is 12.6 Å². The maximum absolute atomic E-state index is 11.0. The molecule has 92 valence electrons. The van der Waals surface area contributed by atoms with Gasteiger partial charge in [0.2, 0.25) is 0 Å². The standard InChI is InChI=1S/C12H22N2O2/c1-9(14-6-2-3-7-14)8-13-11(12(15)16)10-4-5-10/h9-11,13H,2-8H2,1H3,(H,15,16). The number of carbonyl (C=O) groups is 1. The Bertz CT molecular complexity index is 247. The van der Waals surface area contributed by atoms with Crippen LogP contribution in [0, 0.1) is 5.92 Å². The quantitative estimate of drug-likeness (QED) is 0.707. The normalized spacial score (nSPS) is 25.6. The highest BCUT2D eigenvalue weighted by Crippen LogP contribution is 2.32. The molecule has 0 spiro atoms. The molecule has 0 amide bonds. The smallest absolute Gasteiger partial charge is 0.320 e. The molecule has 0 radical (unpaired) electrons. The van der Waals surface area contributed by atoms with Crippen LogP contribution in [0.1, 0.15) is 32.6 Å². The van der Waals surface area contributed by atoms with Crippen LogP contribution in [0.2, 0.25) is 0 Å². The van der Waals surface area contributed by atoms with Gasteiger partial charge in [-0.15, -0.1) is 0 Å². The minimum Gasteiger partial charge on any atom is -0.480 e. The van der Waals surface area contributed by atoms with E-state index in [0.29, 0.717) is 12.0 Å². The molecule has 2 aliphatic rings. The highest BCUT2D eigenvalue weighted by molar-refractivity contribution is 5.74. The molecular weight excluding hydrogens is 204 g/mol. The molecule has 0 bridgehead atoms. The van der Waals surface area contributed by atoms with Gasteiger partial charge in [-0.1, -0.05) is 0 Å². The number of nitrogens with zero attached hydrogens (tertiary/aromatic N) is 1. The summed E-state index contributed by atoms with van der Waals surface area (Å²) in [6.45, 7) is 5.33. The van der Waals surface area contributed by atoms with Gasteiger partial charge in [-0.25, -0.2) is 0 Å². The Labute approximate surface area is 97.0 Å². The van der Waals surface area contributed by atoms with E-state index in [1.54, 1.807) is 0 Å². The summed E-state index contributed by atoms with van der Waals surface area (Å²) < 4.78 is 0. The molecule has 2 fully saturated rings. The molecule has 2 atom stereocenters. The monoisotopic (exact) mass is 226 g/mol. The van der Waals surface area contributed by atoms with Gasteiger partial charge in [0.1, 0.15) is 6.04 Å². The molecule has 0 aromatic carbocycles. The predicted molar refractivity (Wildman–Crippen MR) is 62.4 cm³/mol. The molecule has 1 heterocycles. The van der Waals surface area contributed by atoms with Crippen LogP contribution in [0.3, 0.4) is 0 Å². The SMILES string of the molecule is CC(CNC(C(=O)O)C1CC1)N1CCCC1. The zero-order valence-corrected chi connectivity index (χ0v) is 9.98. The average molecular weight is 226 g/mol. The number of rotatable bonds is 6. The van der Waals surface area contributed by atoms with Crippen LogP contribution in [-0.2, 0) is 4.79 Å². The Hall–Kier alpha value is -0.610. The number of carboxylic acids is 1. The molecule has 1 saturated carbocycles. The first kappa shape index (κ1) is 11.9. The number of likely N-dealkylation sites (tertiary alicyclic amines) is 1. The zero-order chi connectivity index (χ0) is 11.5. The van der Waals surface area contributed by atoms with Crippen molar-refractivity contribution in [1.82, 2.24) is 10.2 Å². The third kappa shape index (κ3) is 2.95. The van der Waals surface area contributed by atoms with E-state index in [-0.39, 0.29) is 6.04 Å². The summed E-state index contributed by atoms with van der Waals surface area (Å²) in [5.41, 5.74) is 0. The average Bonchev–Trinajstić information content (AvgIpc) is 2.93.